The molecule has 2 heterocycles. The molecule has 110 valence electrons. The molecule has 1 fully saturated rings. The molecule has 0 unspecified atom stereocenters. The summed E-state index contributed by atoms with van der Waals surface area (Å²) in [5.74, 6) is 0.0506. The number of hydrogen-bond acceptors (Lipinski definition) is 7. The largest absolute Gasteiger partial charge is 0.409 e. The zero-order chi connectivity index (χ0) is 14.7. The number of pyridine rings is 1. The lowest BCUT2D eigenvalue weighted by atomic mass is 10.2. The first-order chi connectivity index (χ1) is 10.3. The molecule has 21 heavy (non-hydrogen) atoms. The van der Waals surface area contributed by atoms with E-state index in [9.17, 15) is 0 Å². The van der Waals surface area contributed by atoms with Crippen LogP contribution in [0.1, 0.15) is 37.3 Å². The van der Waals surface area contributed by atoms with E-state index in [1.165, 1.54) is 24.6 Å². The molecule has 0 atom stereocenters. The summed E-state index contributed by atoms with van der Waals surface area (Å²) in [6.07, 6.45) is 6.25. The molecule has 2 aromatic rings. The lowest BCUT2D eigenvalue weighted by molar-refractivity contribution is 0.318. The van der Waals surface area contributed by atoms with Gasteiger partial charge in [0.1, 0.15) is 5.03 Å². The van der Waals surface area contributed by atoms with Crippen LogP contribution in [-0.4, -0.2) is 36.2 Å². The SMILES string of the molecule is N/C(=N\O)c1ccnc(Sc2nnnn2C2CCCC2)c1. The van der Waals surface area contributed by atoms with E-state index in [1.54, 1.807) is 18.3 Å². The predicted octanol–water partition coefficient (Wildman–Crippen LogP) is 1.43. The molecule has 0 aliphatic heterocycles. The van der Waals surface area contributed by atoms with Crippen molar-refractivity contribution >= 4 is 17.6 Å². The molecule has 1 aliphatic rings. The van der Waals surface area contributed by atoms with Crippen LogP contribution in [0.15, 0.2) is 33.7 Å². The first-order valence-corrected chi connectivity index (χ1v) is 7.49. The van der Waals surface area contributed by atoms with Crippen molar-refractivity contribution in [2.75, 3.05) is 0 Å². The lowest BCUT2D eigenvalue weighted by Crippen LogP contribution is -2.13. The molecule has 0 aromatic carbocycles. The van der Waals surface area contributed by atoms with Gasteiger partial charge in [0.15, 0.2) is 5.84 Å². The monoisotopic (exact) mass is 305 g/mol. The van der Waals surface area contributed by atoms with Gasteiger partial charge in [-0.2, -0.15) is 0 Å². The number of oxime groups is 1. The van der Waals surface area contributed by atoms with Gasteiger partial charge in [0, 0.05) is 11.8 Å². The van der Waals surface area contributed by atoms with E-state index >= 15 is 0 Å². The molecule has 2 aromatic heterocycles. The fourth-order valence-corrected chi connectivity index (χ4v) is 3.25. The Bertz CT molecular complexity index is 651. The fourth-order valence-electron chi connectivity index (χ4n) is 2.41. The summed E-state index contributed by atoms with van der Waals surface area (Å²) in [7, 11) is 0. The Kier molecular flexibility index (Phi) is 4.00. The van der Waals surface area contributed by atoms with Crippen molar-refractivity contribution in [1.29, 1.82) is 0 Å². The number of amidine groups is 1. The van der Waals surface area contributed by atoms with E-state index in [0.717, 1.165) is 12.8 Å². The first-order valence-electron chi connectivity index (χ1n) is 6.67. The number of tetrazole rings is 1. The van der Waals surface area contributed by atoms with Crippen LogP contribution in [0.2, 0.25) is 0 Å². The maximum Gasteiger partial charge on any atom is 0.215 e. The maximum atomic E-state index is 8.72. The average molecular weight is 305 g/mol. The van der Waals surface area contributed by atoms with Crippen LogP contribution < -0.4 is 5.73 Å². The summed E-state index contributed by atoms with van der Waals surface area (Å²) in [4.78, 5) is 4.26. The molecular formula is C12H15N7OS. The van der Waals surface area contributed by atoms with Gasteiger partial charge in [-0.3, -0.25) is 0 Å². The normalized spacial score (nSPS) is 16.5. The number of nitrogens with two attached hydrogens (primary N) is 1. The van der Waals surface area contributed by atoms with Crippen LogP contribution in [0.4, 0.5) is 0 Å². The van der Waals surface area contributed by atoms with Gasteiger partial charge in [-0.1, -0.05) is 18.0 Å². The van der Waals surface area contributed by atoms with Gasteiger partial charge < -0.3 is 10.9 Å². The van der Waals surface area contributed by atoms with Crippen LogP contribution in [0.5, 0.6) is 0 Å². The van der Waals surface area contributed by atoms with Gasteiger partial charge in [0.2, 0.25) is 5.16 Å². The summed E-state index contributed by atoms with van der Waals surface area (Å²) in [6.45, 7) is 0. The van der Waals surface area contributed by atoms with E-state index in [4.69, 9.17) is 10.9 Å². The molecule has 1 aliphatic carbocycles. The highest BCUT2D eigenvalue weighted by Gasteiger charge is 2.22. The van der Waals surface area contributed by atoms with Crippen molar-refractivity contribution in [1.82, 2.24) is 25.2 Å². The van der Waals surface area contributed by atoms with Gasteiger partial charge in [-0.15, -0.1) is 5.10 Å². The van der Waals surface area contributed by atoms with Gasteiger partial charge in [0.25, 0.3) is 0 Å². The summed E-state index contributed by atoms with van der Waals surface area (Å²) >= 11 is 1.37. The zero-order valence-corrected chi connectivity index (χ0v) is 12.1. The van der Waals surface area contributed by atoms with Crippen LogP contribution >= 0.6 is 11.8 Å². The summed E-state index contributed by atoms with van der Waals surface area (Å²) < 4.78 is 1.87. The maximum absolute atomic E-state index is 8.72. The quantitative estimate of drug-likeness (QED) is 0.380. The number of aromatic nitrogens is 5. The highest BCUT2D eigenvalue weighted by Crippen LogP contribution is 2.33. The molecule has 8 nitrogen and oxygen atoms in total. The van der Waals surface area contributed by atoms with Crippen LogP contribution in [0.3, 0.4) is 0 Å². The Morgan fingerprint density at radius 1 is 1.43 bits per heavy atom. The van der Waals surface area contributed by atoms with E-state index in [1.807, 2.05) is 4.68 Å². The molecule has 1 saturated carbocycles. The van der Waals surface area contributed by atoms with Crippen molar-refractivity contribution in [3.8, 4) is 0 Å². The fraction of sp³-hybridized carbons (Fsp3) is 0.417. The van der Waals surface area contributed by atoms with Crippen molar-refractivity contribution in [3.05, 3.63) is 23.9 Å². The van der Waals surface area contributed by atoms with Crippen LogP contribution in [0, 0.1) is 0 Å². The third kappa shape index (κ3) is 2.97. The molecule has 3 rings (SSSR count). The summed E-state index contributed by atoms with van der Waals surface area (Å²) in [5, 5.41) is 25.0. The van der Waals surface area contributed by atoms with Crippen LogP contribution in [-0.2, 0) is 0 Å². The Morgan fingerprint density at radius 2 is 2.24 bits per heavy atom. The Labute approximate surface area is 125 Å². The highest BCUT2D eigenvalue weighted by molar-refractivity contribution is 7.99. The first kappa shape index (κ1) is 13.8. The van der Waals surface area contributed by atoms with Crippen LogP contribution in [0.25, 0.3) is 0 Å². The predicted molar refractivity (Wildman–Crippen MR) is 76.2 cm³/mol. The number of nitrogens with zero attached hydrogens (tertiary/aromatic N) is 6. The molecule has 0 spiro atoms. The minimum absolute atomic E-state index is 0.0506. The second-order valence-corrected chi connectivity index (χ2v) is 5.80. The Morgan fingerprint density at radius 3 is 3.00 bits per heavy atom. The molecule has 9 heteroatoms. The Hall–Kier alpha value is -2.16. The average Bonchev–Trinajstić information content (AvgIpc) is 3.17. The minimum Gasteiger partial charge on any atom is -0.409 e. The second-order valence-electron chi connectivity index (χ2n) is 4.81. The highest BCUT2D eigenvalue weighted by atomic mass is 32.2. The van der Waals surface area contributed by atoms with Crippen molar-refractivity contribution in [3.63, 3.8) is 0 Å². The van der Waals surface area contributed by atoms with Gasteiger partial charge >= 0.3 is 0 Å². The molecule has 3 N–H and O–H groups in total. The molecule has 0 radical (unpaired) electrons. The van der Waals surface area contributed by atoms with E-state index in [0.29, 0.717) is 21.8 Å². The molecule has 0 amide bonds. The van der Waals surface area contributed by atoms with E-state index < -0.39 is 0 Å². The topological polar surface area (TPSA) is 115 Å². The standard InChI is InChI=1S/C12H15N7OS/c13-11(16-20)8-5-6-14-10(7-8)21-12-15-17-18-19(12)9-3-1-2-4-9/h5-7,9,20H,1-4H2,(H2,13,16). The minimum atomic E-state index is 0.0506. The molecule has 0 bridgehead atoms. The van der Waals surface area contributed by atoms with Gasteiger partial charge in [-0.25, -0.2) is 9.67 Å². The van der Waals surface area contributed by atoms with Crippen molar-refractivity contribution in [2.45, 2.75) is 41.9 Å². The van der Waals surface area contributed by atoms with Gasteiger partial charge in [-0.05, 0) is 47.2 Å². The van der Waals surface area contributed by atoms with Crippen molar-refractivity contribution in [2.24, 2.45) is 10.9 Å². The molecule has 0 saturated heterocycles. The smallest absolute Gasteiger partial charge is 0.215 e. The van der Waals surface area contributed by atoms with Crippen molar-refractivity contribution < 1.29 is 5.21 Å². The number of rotatable bonds is 4. The Balaban J connectivity index is 1.82. The third-order valence-corrected chi connectivity index (χ3v) is 4.35. The van der Waals surface area contributed by atoms with E-state index in [2.05, 4.69) is 25.7 Å². The lowest BCUT2D eigenvalue weighted by Gasteiger charge is -2.10. The van der Waals surface area contributed by atoms with Gasteiger partial charge in [0.05, 0.1) is 6.04 Å². The number of hydrogen-bond donors (Lipinski definition) is 2. The molecular weight excluding hydrogens is 290 g/mol. The summed E-state index contributed by atoms with van der Waals surface area (Å²) in [6, 6.07) is 3.79. The zero-order valence-electron chi connectivity index (χ0n) is 11.3. The van der Waals surface area contributed by atoms with E-state index in [-0.39, 0.29) is 5.84 Å². The summed E-state index contributed by atoms with van der Waals surface area (Å²) in [5.41, 5.74) is 6.19. The third-order valence-electron chi connectivity index (χ3n) is 3.47. The second kappa shape index (κ2) is 6.08.